The molecule has 0 aliphatic carbocycles. The molecule has 6 heteroatoms. The Morgan fingerprint density at radius 1 is 1.19 bits per heavy atom. The van der Waals surface area contributed by atoms with Crippen molar-refractivity contribution in [2.75, 3.05) is 13.2 Å². The molecule has 3 rings (SSSR count). The van der Waals surface area contributed by atoms with Gasteiger partial charge in [0.2, 0.25) is 5.91 Å². The molecule has 2 aromatic carbocycles. The number of halogens is 2. The number of furan rings is 1. The van der Waals surface area contributed by atoms with Gasteiger partial charge in [-0.05, 0) is 51.0 Å². The van der Waals surface area contributed by atoms with Crippen molar-refractivity contribution in [3.05, 3.63) is 57.8 Å². The molecule has 0 saturated carbocycles. The monoisotopic (exact) mass is 459 g/mol. The van der Waals surface area contributed by atoms with Crippen LogP contribution < -0.4 is 10.1 Å². The van der Waals surface area contributed by atoms with Crippen LogP contribution in [0.3, 0.4) is 0 Å². The first-order valence-electron chi connectivity index (χ1n) is 10.5. The number of ether oxygens (including phenoxy) is 1. The number of allylic oxidation sites excluding steroid dienone is 1. The molecular weight excluding hydrogens is 433 g/mol. The van der Waals surface area contributed by atoms with Crippen molar-refractivity contribution >= 4 is 45.7 Å². The zero-order chi connectivity index (χ0) is 22.5. The summed E-state index contributed by atoms with van der Waals surface area (Å²) in [6.07, 6.45) is 5.30. The molecule has 0 fully saturated rings. The number of carbonyl (C=O) groups is 1. The van der Waals surface area contributed by atoms with Gasteiger partial charge in [0, 0.05) is 45.3 Å². The number of nitrogens with one attached hydrogen (secondary N) is 1. The molecule has 0 unspecified atom stereocenters. The maximum Gasteiger partial charge on any atom is 0.244 e. The number of rotatable bonds is 8. The van der Waals surface area contributed by atoms with Crippen molar-refractivity contribution in [1.82, 2.24) is 5.32 Å². The molecule has 164 valence electrons. The van der Waals surface area contributed by atoms with Crippen LogP contribution in [0.25, 0.3) is 27.7 Å². The molecular formula is C25H27Cl2NO3. The maximum atomic E-state index is 12.4. The van der Waals surface area contributed by atoms with Crippen molar-refractivity contribution in [2.45, 2.75) is 40.5 Å². The van der Waals surface area contributed by atoms with Crippen LogP contribution in [0.1, 0.15) is 44.7 Å². The second-order valence-corrected chi connectivity index (χ2v) is 8.28. The number of fused-ring (bicyclic) bond motifs is 1. The third-order valence-corrected chi connectivity index (χ3v) is 5.70. The quantitative estimate of drug-likeness (QED) is 0.281. The van der Waals surface area contributed by atoms with E-state index in [2.05, 4.69) is 12.2 Å². The molecule has 1 heterocycles. The lowest BCUT2D eigenvalue weighted by atomic mass is 9.96. The van der Waals surface area contributed by atoms with E-state index in [1.54, 1.807) is 24.5 Å². The predicted octanol–water partition coefficient (Wildman–Crippen LogP) is 7.43. The van der Waals surface area contributed by atoms with E-state index < -0.39 is 0 Å². The Balaban J connectivity index is 2.13. The molecule has 0 saturated heterocycles. The molecule has 0 atom stereocenters. The summed E-state index contributed by atoms with van der Waals surface area (Å²) in [5, 5.41) is 4.95. The summed E-state index contributed by atoms with van der Waals surface area (Å²) in [5.74, 6) is 0.604. The SMILES string of the molecule is CCCCNC(=O)/C=C(\C)c1cc2c(-c3ccc(Cl)cc3Cl)coc2c(C)c1OCC. The Kier molecular flexibility index (Phi) is 7.69. The molecule has 0 radical (unpaired) electrons. The second kappa shape index (κ2) is 10.3. The number of amides is 1. The number of unbranched alkanes of at least 4 members (excludes halogenated alkanes) is 1. The molecule has 0 spiro atoms. The van der Waals surface area contributed by atoms with Crippen molar-refractivity contribution < 1.29 is 13.9 Å². The zero-order valence-electron chi connectivity index (χ0n) is 18.3. The standard InChI is InChI=1S/C25H27Cl2NO3/c1-5-7-10-28-23(29)11-15(3)19-13-20-21(18-9-8-17(26)12-22(18)27)14-31-25(20)16(4)24(19)30-6-2/h8-9,11-14H,5-7,10H2,1-4H3,(H,28,29)/b15-11+. The molecule has 1 aromatic heterocycles. The van der Waals surface area contributed by atoms with Gasteiger partial charge in [0.1, 0.15) is 11.3 Å². The van der Waals surface area contributed by atoms with Gasteiger partial charge >= 0.3 is 0 Å². The van der Waals surface area contributed by atoms with Crippen molar-refractivity contribution in [3.63, 3.8) is 0 Å². The van der Waals surface area contributed by atoms with E-state index >= 15 is 0 Å². The Hall–Kier alpha value is -2.43. The number of hydrogen-bond acceptors (Lipinski definition) is 3. The first-order chi connectivity index (χ1) is 14.9. The minimum atomic E-state index is -0.112. The normalized spacial score (nSPS) is 11.7. The second-order valence-electron chi connectivity index (χ2n) is 7.43. The van der Waals surface area contributed by atoms with E-state index in [0.29, 0.717) is 28.9 Å². The largest absolute Gasteiger partial charge is 0.493 e. The van der Waals surface area contributed by atoms with Crippen LogP contribution >= 0.6 is 23.2 Å². The van der Waals surface area contributed by atoms with Crippen LogP contribution in [0.2, 0.25) is 10.0 Å². The van der Waals surface area contributed by atoms with Crippen LogP contribution in [0.15, 0.2) is 41.0 Å². The topological polar surface area (TPSA) is 51.5 Å². The number of benzene rings is 2. The van der Waals surface area contributed by atoms with Gasteiger partial charge in [-0.2, -0.15) is 0 Å². The minimum Gasteiger partial charge on any atom is -0.493 e. The highest BCUT2D eigenvalue weighted by Crippen LogP contribution is 2.42. The molecule has 3 aromatic rings. The molecule has 0 bridgehead atoms. The van der Waals surface area contributed by atoms with Gasteiger partial charge in [0.15, 0.2) is 0 Å². The van der Waals surface area contributed by atoms with Crippen molar-refractivity contribution in [1.29, 1.82) is 0 Å². The Bertz CT molecular complexity index is 1130. The van der Waals surface area contributed by atoms with E-state index in [1.165, 1.54) is 0 Å². The summed E-state index contributed by atoms with van der Waals surface area (Å²) in [6.45, 7) is 9.07. The van der Waals surface area contributed by atoms with E-state index in [4.69, 9.17) is 32.4 Å². The van der Waals surface area contributed by atoms with Crippen LogP contribution in [-0.4, -0.2) is 19.1 Å². The lowest BCUT2D eigenvalue weighted by Gasteiger charge is -2.15. The van der Waals surface area contributed by atoms with Gasteiger partial charge in [0.25, 0.3) is 0 Å². The maximum absolute atomic E-state index is 12.4. The number of aryl methyl sites for hydroxylation is 1. The molecule has 0 aliphatic heterocycles. The molecule has 0 aliphatic rings. The van der Waals surface area contributed by atoms with Crippen molar-refractivity contribution in [2.24, 2.45) is 0 Å². The van der Waals surface area contributed by atoms with Crippen LogP contribution in [0.4, 0.5) is 0 Å². The van der Waals surface area contributed by atoms with Crippen LogP contribution in [0, 0.1) is 6.92 Å². The predicted molar refractivity (Wildman–Crippen MR) is 129 cm³/mol. The lowest BCUT2D eigenvalue weighted by molar-refractivity contribution is -0.116. The lowest BCUT2D eigenvalue weighted by Crippen LogP contribution is -2.22. The smallest absolute Gasteiger partial charge is 0.244 e. The summed E-state index contributed by atoms with van der Waals surface area (Å²) in [4.78, 5) is 12.4. The molecule has 1 amide bonds. The van der Waals surface area contributed by atoms with E-state index in [1.807, 2.05) is 32.9 Å². The first kappa shape index (κ1) is 23.2. The van der Waals surface area contributed by atoms with Gasteiger partial charge in [-0.3, -0.25) is 4.79 Å². The minimum absolute atomic E-state index is 0.112. The van der Waals surface area contributed by atoms with E-state index in [-0.39, 0.29) is 5.91 Å². The first-order valence-corrected chi connectivity index (χ1v) is 11.2. The molecule has 1 N–H and O–H groups in total. The molecule has 4 nitrogen and oxygen atoms in total. The summed E-state index contributed by atoms with van der Waals surface area (Å²) >= 11 is 12.5. The Morgan fingerprint density at radius 3 is 2.65 bits per heavy atom. The molecule has 31 heavy (non-hydrogen) atoms. The van der Waals surface area contributed by atoms with Gasteiger partial charge < -0.3 is 14.5 Å². The highest BCUT2D eigenvalue weighted by Gasteiger charge is 2.20. The highest BCUT2D eigenvalue weighted by molar-refractivity contribution is 6.36. The van der Waals surface area contributed by atoms with Gasteiger partial charge in [-0.1, -0.05) is 42.6 Å². The summed E-state index contributed by atoms with van der Waals surface area (Å²) in [7, 11) is 0. The Morgan fingerprint density at radius 2 is 1.97 bits per heavy atom. The summed E-state index contributed by atoms with van der Waals surface area (Å²) < 4.78 is 11.9. The van der Waals surface area contributed by atoms with Crippen molar-refractivity contribution in [3.8, 4) is 16.9 Å². The number of hydrogen-bond donors (Lipinski definition) is 1. The summed E-state index contributed by atoms with van der Waals surface area (Å²) in [5.41, 5.74) is 4.97. The number of carbonyl (C=O) groups excluding carboxylic acids is 1. The van der Waals surface area contributed by atoms with E-state index in [0.717, 1.165) is 51.6 Å². The van der Waals surface area contributed by atoms with Crippen LogP contribution in [-0.2, 0) is 4.79 Å². The zero-order valence-corrected chi connectivity index (χ0v) is 19.8. The third-order valence-electron chi connectivity index (χ3n) is 5.16. The van der Waals surface area contributed by atoms with Gasteiger partial charge in [0.05, 0.1) is 17.9 Å². The summed E-state index contributed by atoms with van der Waals surface area (Å²) in [6, 6.07) is 7.40. The fourth-order valence-corrected chi connectivity index (χ4v) is 4.08. The average molecular weight is 460 g/mol. The third kappa shape index (κ3) is 5.08. The Labute approximate surface area is 193 Å². The van der Waals surface area contributed by atoms with E-state index in [9.17, 15) is 4.79 Å². The van der Waals surface area contributed by atoms with Gasteiger partial charge in [-0.25, -0.2) is 0 Å². The fourth-order valence-electron chi connectivity index (χ4n) is 3.57. The van der Waals surface area contributed by atoms with Crippen LogP contribution in [0.5, 0.6) is 5.75 Å². The average Bonchev–Trinajstić information content (AvgIpc) is 3.14. The fraction of sp³-hybridized carbons (Fsp3) is 0.320. The van der Waals surface area contributed by atoms with Gasteiger partial charge in [-0.15, -0.1) is 0 Å². The highest BCUT2D eigenvalue weighted by atomic mass is 35.5.